The van der Waals surface area contributed by atoms with Gasteiger partial charge in [0.2, 0.25) is 17.7 Å². The number of hydrogen-bond donors (Lipinski definition) is 2. The molecular weight excluding hydrogens is 636 g/mol. The van der Waals surface area contributed by atoms with Crippen molar-refractivity contribution in [1.29, 1.82) is 0 Å². The minimum atomic E-state index is -1.03. The maximum Gasteiger partial charge on any atom is 0.408 e. The molecule has 2 aliphatic rings. The van der Waals surface area contributed by atoms with E-state index in [4.69, 9.17) is 4.74 Å². The van der Waals surface area contributed by atoms with Gasteiger partial charge in [-0.25, -0.2) is 18.4 Å². The van der Waals surface area contributed by atoms with E-state index in [1.165, 1.54) is 15.2 Å². The Kier molecular flexibility index (Phi) is 10.6. The second-order valence-electron chi connectivity index (χ2n) is 13.6. The molecule has 0 saturated carbocycles. The SMILES string of the molecule is Cn1c(=O)n(C2CCC(=O)NC2=O)c2ccc(C#CCCC3CCN(C(=O)[C@H](Cc4ccc(F)c(F)c4)NC(=O)OC(C)(C)C)CC3)cc21. The minimum absolute atomic E-state index is 0.0214. The largest absolute Gasteiger partial charge is 0.444 e. The number of benzene rings is 2. The lowest BCUT2D eigenvalue weighted by atomic mass is 9.91. The molecule has 2 aromatic carbocycles. The number of aromatic nitrogens is 2. The van der Waals surface area contributed by atoms with Crippen LogP contribution in [0.15, 0.2) is 41.2 Å². The molecule has 1 aromatic heterocycles. The molecule has 1 unspecified atom stereocenters. The van der Waals surface area contributed by atoms with Crippen molar-refractivity contribution in [1.82, 2.24) is 24.7 Å². The van der Waals surface area contributed by atoms with Crippen LogP contribution in [0.4, 0.5) is 13.6 Å². The third-order valence-corrected chi connectivity index (χ3v) is 8.86. The number of carbonyl (C=O) groups excluding carboxylic acids is 4. The molecule has 2 N–H and O–H groups in total. The van der Waals surface area contributed by atoms with Crippen LogP contribution >= 0.6 is 0 Å². The number of hydrogen-bond acceptors (Lipinski definition) is 6. The van der Waals surface area contributed by atoms with Gasteiger partial charge in [-0.2, -0.15) is 0 Å². The summed E-state index contributed by atoms with van der Waals surface area (Å²) in [5.74, 6) is 3.56. The third kappa shape index (κ3) is 8.54. The molecule has 4 amide bonds. The van der Waals surface area contributed by atoms with Gasteiger partial charge < -0.3 is 15.0 Å². The highest BCUT2D eigenvalue weighted by molar-refractivity contribution is 6.00. The summed E-state index contributed by atoms with van der Waals surface area (Å²) in [6, 6.07) is 7.04. The molecule has 0 aliphatic carbocycles. The van der Waals surface area contributed by atoms with Gasteiger partial charge in [0, 0.05) is 45.0 Å². The summed E-state index contributed by atoms with van der Waals surface area (Å²) in [5, 5.41) is 4.93. The van der Waals surface area contributed by atoms with Gasteiger partial charge in [0.15, 0.2) is 11.6 Å². The van der Waals surface area contributed by atoms with Crippen LogP contribution in [-0.2, 0) is 32.6 Å². The van der Waals surface area contributed by atoms with Crippen molar-refractivity contribution < 1.29 is 32.7 Å². The lowest BCUT2D eigenvalue weighted by Gasteiger charge is -2.34. The van der Waals surface area contributed by atoms with Gasteiger partial charge in [0.25, 0.3) is 0 Å². The number of halogens is 2. The number of nitrogens with zero attached hydrogens (tertiary/aromatic N) is 3. The van der Waals surface area contributed by atoms with Gasteiger partial charge in [-0.3, -0.25) is 28.8 Å². The topological polar surface area (TPSA) is 132 Å². The van der Waals surface area contributed by atoms with Crippen molar-refractivity contribution in [3.05, 3.63) is 69.6 Å². The summed E-state index contributed by atoms with van der Waals surface area (Å²) in [4.78, 5) is 64.8. The van der Waals surface area contributed by atoms with E-state index in [2.05, 4.69) is 22.5 Å². The monoisotopic (exact) mass is 677 g/mol. The van der Waals surface area contributed by atoms with Crippen molar-refractivity contribution in [3.63, 3.8) is 0 Å². The molecule has 5 rings (SSSR count). The van der Waals surface area contributed by atoms with E-state index in [1.54, 1.807) is 38.8 Å². The zero-order chi connectivity index (χ0) is 35.5. The number of nitrogens with one attached hydrogen (secondary N) is 2. The van der Waals surface area contributed by atoms with Gasteiger partial charge in [-0.15, -0.1) is 0 Å². The number of amides is 4. The molecule has 2 aliphatic heterocycles. The lowest BCUT2D eigenvalue weighted by Crippen LogP contribution is -2.52. The maximum atomic E-state index is 13.9. The zero-order valence-corrected chi connectivity index (χ0v) is 28.1. The number of alkyl carbamates (subject to hydrolysis) is 1. The zero-order valence-electron chi connectivity index (χ0n) is 28.1. The standard InChI is InChI=1S/C36H41F2N5O6/c1-36(2,3)49-34(47)39-27(20-24-9-11-25(37)26(38)19-24)33(46)42-17-15-22(16-18-42)7-5-6-8-23-10-12-28-30(21-23)41(4)35(48)43(28)29-13-14-31(44)40-32(29)45/h9-12,19,21-22,27,29H,5,7,13-18,20H2,1-4H3,(H,39,47)(H,40,44,45)/t27-,29?/m0/s1. The fourth-order valence-corrected chi connectivity index (χ4v) is 6.33. The molecule has 0 radical (unpaired) electrons. The van der Waals surface area contributed by atoms with Crippen LogP contribution in [0.1, 0.15) is 76.5 Å². The first-order valence-electron chi connectivity index (χ1n) is 16.5. The van der Waals surface area contributed by atoms with E-state index in [-0.39, 0.29) is 36.8 Å². The van der Waals surface area contributed by atoms with Crippen LogP contribution < -0.4 is 16.3 Å². The number of imide groups is 1. The van der Waals surface area contributed by atoms with Crippen LogP contribution in [-0.4, -0.2) is 62.6 Å². The molecule has 3 aromatic rings. The van der Waals surface area contributed by atoms with Crippen molar-refractivity contribution in [2.45, 2.75) is 83.4 Å². The van der Waals surface area contributed by atoms with Gasteiger partial charge in [0.05, 0.1) is 11.0 Å². The van der Waals surface area contributed by atoms with Crippen molar-refractivity contribution in [3.8, 4) is 11.8 Å². The molecule has 11 nitrogen and oxygen atoms in total. The van der Waals surface area contributed by atoms with Crippen LogP contribution in [0, 0.1) is 29.4 Å². The van der Waals surface area contributed by atoms with Crippen molar-refractivity contribution >= 4 is 34.8 Å². The molecule has 2 fully saturated rings. The van der Waals surface area contributed by atoms with Crippen molar-refractivity contribution in [2.75, 3.05) is 13.1 Å². The maximum absolute atomic E-state index is 13.9. The summed E-state index contributed by atoms with van der Waals surface area (Å²) in [6.45, 7) is 6.09. The van der Waals surface area contributed by atoms with Crippen LogP contribution in [0.5, 0.6) is 0 Å². The minimum Gasteiger partial charge on any atom is -0.444 e. The first-order chi connectivity index (χ1) is 23.2. The highest BCUT2D eigenvalue weighted by Gasteiger charge is 2.32. The van der Waals surface area contributed by atoms with E-state index in [0.717, 1.165) is 37.0 Å². The number of fused-ring (bicyclic) bond motifs is 1. The number of imidazole rings is 1. The Morgan fingerprint density at radius 3 is 2.43 bits per heavy atom. The first-order valence-corrected chi connectivity index (χ1v) is 16.5. The van der Waals surface area contributed by atoms with E-state index >= 15 is 0 Å². The summed E-state index contributed by atoms with van der Waals surface area (Å²) in [5.41, 5.74) is 1.22. The molecule has 2 saturated heterocycles. The molecule has 0 spiro atoms. The van der Waals surface area contributed by atoms with E-state index in [1.807, 2.05) is 12.1 Å². The molecule has 0 bridgehead atoms. The summed E-state index contributed by atoms with van der Waals surface area (Å²) < 4.78 is 35.6. The predicted octanol–water partition coefficient (Wildman–Crippen LogP) is 4.10. The number of ether oxygens (including phenoxy) is 1. The predicted molar refractivity (Wildman–Crippen MR) is 177 cm³/mol. The first kappa shape index (κ1) is 35.3. The summed E-state index contributed by atoms with van der Waals surface area (Å²) >= 11 is 0. The van der Waals surface area contributed by atoms with E-state index < -0.39 is 41.3 Å². The Balaban J connectivity index is 1.17. The van der Waals surface area contributed by atoms with Crippen LogP contribution in [0.2, 0.25) is 0 Å². The number of likely N-dealkylation sites (tertiary alicyclic amines) is 1. The molecule has 260 valence electrons. The van der Waals surface area contributed by atoms with Gasteiger partial charge in [0.1, 0.15) is 17.7 Å². The Morgan fingerprint density at radius 2 is 1.76 bits per heavy atom. The fourth-order valence-electron chi connectivity index (χ4n) is 6.33. The molecule has 2 atom stereocenters. The second-order valence-corrected chi connectivity index (χ2v) is 13.6. The Bertz CT molecular complexity index is 1890. The van der Waals surface area contributed by atoms with Crippen LogP contribution in [0.3, 0.4) is 0 Å². The number of aryl methyl sites for hydroxylation is 1. The number of piperidine rings is 2. The lowest BCUT2D eigenvalue weighted by molar-refractivity contribution is -0.136. The molecule has 49 heavy (non-hydrogen) atoms. The van der Waals surface area contributed by atoms with Crippen LogP contribution in [0.25, 0.3) is 11.0 Å². The Morgan fingerprint density at radius 1 is 1.02 bits per heavy atom. The van der Waals surface area contributed by atoms with E-state index in [0.29, 0.717) is 42.0 Å². The van der Waals surface area contributed by atoms with Gasteiger partial charge in [-0.05, 0) is 88.3 Å². The highest BCUT2D eigenvalue weighted by Crippen LogP contribution is 2.25. The highest BCUT2D eigenvalue weighted by atomic mass is 19.2. The average molecular weight is 678 g/mol. The van der Waals surface area contributed by atoms with Gasteiger partial charge >= 0.3 is 11.8 Å². The van der Waals surface area contributed by atoms with E-state index in [9.17, 15) is 32.8 Å². The molecular formula is C36H41F2N5O6. The number of carbonyl (C=O) groups is 4. The molecule has 13 heteroatoms. The van der Waals surface area contributed by atoms with Crippen molar-refractivity contribution in [2.24, 2.45) is 13.0 Å². The second kappa shape index (κ2) is 14.6. The Labute approximate surface area is 283 Å². The normalized spacial score (nSPS) is 17.7. The smallest absolute Gasteiger partial charge is 0.408 e. The summed E-state index contributed by atoms with van der Waals surface area (Å²) in [6.07, 6.45) is 2.60. The molecule has 3 heterocycles. The quantitative estimate of drug-likeness (QED) is 0.286. The third-order valence-electron chi connectivity index (χ3n) is 8.86. The Hall–Kier alpha value is -4.99. The summed E-state index contributed by atoms with van der Waals surface area (Å²) in [7, 11) is 1.64. The average Bonchev–Trinajstić information content (AvgIpc) is 3.28. The van der Waals surface area contributed by atoms with Gasteiger partial charge in [-0.1, -0.05) is 17.9 Å². The number of rotatable bonds is 7. The fraction of sp³-hybridized carbons (Fsp3) is 0.472.